The first-order valence-electron chi connectivity index (χ1n) is 2.69. The van der Waals surface area contributed by atoms with Crippen LogP contribution in [0.4, 0.5) is 0 Å². The van der Waals surface area contributed by atoms with Crippen LogP contribution in [0.5, 0.6) is 0 Å². The topological polar surface area (TPSA) is 86.6 Å². The summed E-state index contributed by atoms with van der Waals surface area (Å²) in [4.78, 5) is 0. The molecule has 0 rings (SSSR count). The Labute approximate surface area is 59.7 Å². The molecule has 1 atom stereocenters. The van der Waals surface area contributed by atoms with Gasteiger partial charge >= 0.3 is 0 Å². The Morgan fingerprint density at radius 3 is 2.40 bits per heavy atom. The molecule has 0 heterocycles. The van der Waals surface area contributed by atoms with Crippen molar-refractivity contribution in [1.29, 1.82) is 0 Å². The Kier molecular flexibility index (Phi) is 3.80. The van der Waals surface area contributed by atoms with Crippen LogP contribution in [0.25, 0.3) is 0 Å². The summed E-state index contributed by atoms with van der Waals surface area (Å²) in [6.07, 6.45) is -0.0355. The van der Waals surface area contributed by atoms with E-state index in [1.165, 1.54) is 0 Å². The fourth-order valence-corrected chi connectivity index (χ4v) is 0.807. The van der Waals surface area contributed by atoms with Crippen molar-refractivity contribution in [1.82, 2.24) is 4.72 Å². The maximum absolute atomic E-state index is 10.3. The van der Waals surface area contributed by atoms with Crippen molar-refractivity contribution in [2.45, 2.75) is 6.10 Å². The summed E-state index contributed by atoms with van der Waals surface area (Å²) >= 11 is 0. The van der Waals surface area contributed by atoms with Crippen molar-refractivity contribution in [3.63, 3.8) is 0 Å². The molecule has 0 amide bonds. The number of hydrogen-bond donors (Lipinski definition) is 3. The Balaban J connectivity index is 3.56. The number of hydrogen-bond acceptors (Lipinski definition) is 4. The summed E-state index contributed by atoms with van der Waals surface area (Å²) in [7, 11) is -3.25. The van der Waals surface area contributed by atoms with Gasteiger partial charge in [0.05, 0.1) is 19.0 Å². The van der Waals surface area contributed by atoms with Crippen LogP contribution in [0.3, 0.4) is 0 Å². The first kappa shape index (κ1) is 9.83. The Morgan fingerprint density at radius 1 is 1.60 bits per heavy atom. The average molecular weight is 169 g/mol. The molecule has 0 aliphatic heterocycles. The smallest absolute Gasteiger partial charge is 0.208 e. The lowest BCUT2D eigenvalue weighted by Gasteiger charge is -2.05. The molecular formula is C4H11NO4S. The lowest BCUT2D eigenvalue weighted by Crippen LogP contribution is -2.33. The average Bonchev–Trinajstić information content (AvgIpc) is 1.81. The number of aliphatic hydroxyl groups excluding tert-OH is 2. The molecule has 3 N–H and O–H groups in total. The van der Waals surface area contributed by atoms with E-state index in [0.29, 0.717) is 0 Å². The molecule has 10 heavy (non-hydrogen) atoms. The number of aliphatic hydroxyl groups is 2. The summed E-state index contributed by atoms with van der Waals surface area (Å²) < 4.78 is 22.7. The molecule has 0 saturated carbocycles. The molecule has 0 aliphatic rings. The number of sulfonamides is 1. The molecule has 62 valence electrons. The minimum absolute atomic E-state index is 0.144. The van der Waals surface area contributed by atoms with Crippen LogP contribution < -0.4 is 4.72 Å². The van der Waals surface area contributed by atoms with Gasteiger partial charge in [0.2, 0.25) is 10.0 Å². The number of nitrogens with one attached hydrogen (secondary N) is 1. The van der Waals surface area contributed by atoms with Gasteiger partial charge in [-0.25, -0.2) is 13.1 Å². The third kappa shape index (κ3) is 5.96. The molecule has 0 bridgehead atoms. The van der Waals surface area contributed by atoms with E-state index in [9.17, 15) is 8.42 Å². The Morgan fingerprint density at radius 2 is 2.10 bits per heavy atom. The Hall–Kier alpha value is -0.170. The lowest BCUT2D eigenvalue weighted by molar-refractivity contribution is 0.0988. The highest BCUT2D eigenvalue weighted by Crippen LogP contribution is 1.79. The van der Waals surface area contributed by atoms with Crippen molar-refractivity contribution in [2.75, 3.05) is 19.4 Å². The number of rotatable bonds is 4. The monoisotopic (exact) mass is 169 g/mol. The second-order valence-electron chi connectivity index (χ2n) is 1.96. The zero-order valence-electron chi connectivity index (χ0n) is 5.61. The largest absolute Gasteiger partial charge is 0.394 e. The maximum Gasteiger partial charge on any atom is 0.208 e. The van der Waals surface area contributed by atoms with Gasteiger partial charge in [-0.2, -0.15) is 0 Å². The molecule has 5 nitrogen and oxygen atoms in total. The van der Waals surface area contributed by atoms with Gasteiger partial charge in [-0.05, 0) is 0 Å². The van der Waals surface area contributed by atoms with Crippen molar-refractivity contribution in [2.24, 2.45) is 0 Å². The van der Waals surface area contributed by atoms with E-state index >= 15 is 0 Å². The van der Waals surface area contributed by atoms with Gasteiger partial charge in [0, 0.05) is 6.54 Å². The zero-order valence-corrected chi connectivity index (χ0v) is 6.43. The normalized spacial score (nSPS) is 15.1. The van der Waals surface area contributed by atoms with E-state index in [1.54, 1.807) is 0 Å². The molecule has 0 aliphatic carbocycles. The second kappa shape index (κ2) is 3.87. The Bertz CT molecular complexity index is 176. The third-order valence-electron chi connectivity index (χ3n) is 0.792. The van der Waals surface area contributed by atoms with Gasteiger partial charge in [-0.15, -0.1) is 0 Å². The van der Waals surface area contributed by atoms with Crippen LogP contribution in [0, 0.1) is 0 Å². The molecule has 0 spiro atoms. The van der Waals surface area contributed by atoms with Crippen molar-refractivity contribution in [3.05, 3.63) is 0 Å². The summed E-state index contributed by atoms with van der Waals surface area (Å²) in [5, 5.41) is 16.9. The first-order valence-corrected chi connectivity index (χ1v) is 4.58. The highest BCUT2D eigenvalue weighted by Gasteiger charge is 2.05. The van der Waals surface area contributed by atoms with E-state index in [-0.39, 0.29) is 6.54 Å². The zero-order chi connectivity index (χ0) is 8.20. The van der Waals surface area contributed by atoms with Crippen LogP contribution in [0.2, 0.25) is 0 Å². The molecule has 0 saturated heterocycles. The lowest BCUT2D eigenvalue weighted by atomic mass is 10.4. The van der Waals surface area contributed by atoms with Crippen LogP contribution in [-0.2, 0) is 10.0 Å². The predicted molar refractivity (Wildman–Crippen MR) is 35.9 cm³/mol. The van der Waals surface area contributed by atoms with E-state index in [1.807, 2.05) is 4.72 Å². The quantitative estimate of drug-likeness (QED) is 0.449. The standard InChI is InChI=1S/C4H11NO4S/c1-10(8,9)5-2-4(7)3-6/h4-7H,2-3H2,1H3. The summed E-state index contributed by atoms with van der Waals surface area (Å²) in [6.45, 7) is -0.585. The van der Waals surface area contributed by atoms with E-state index < -0.39 is 22.7 Å². The highest BCUT2D eigenvalue weighted by molar-refractivity contribution is 7.88. The third-order valence-corrected chi connectivity index (χ3v) is 1.48. The SMILES string of the molecule is CS(=O)(=O)NCC(O)CO. The molecule has 0 aromatic heterocycles. The maximum atomic E-state index is 10.3. The molecule has 0 aromatic rings. The molecule has 6 heteroatoms. The van der Waals surface area contributed by atoms with Gasteiger partial charge in [0.25, 0.3) is 0 Å². The summed E-state index contributed by atoms with van der Waals surface area (Å²) in [5.74, 6) is 0. The van der Waals surface area contributed by atoms with Crippen molar-refractivity contribution in [3.8, 4) is 0 Å². The van der Waals surface area contributed by atoms with Gasteiger partial charge in [-0.1, -0.05) is 0 Å². The molecule has 1 unspecified atom stereocenters. The predicted octanol–water partition coefficient (Wildman–Crippen LogP) is -2.11. The first-order chi connectivity index (χ1) is 4.45. The fourth-order valence-electron chi connectivity index (χ4n) is 0.312. The molecule has 0 radical (unpaired) electrons. The van der Waals surface area contributed by atoms with E-state index in [2.05, 4.69) is 0 Å². The summed E-state index contributed by atoms with van der Waals surface area (Å²) in [6, 6.07) is 0. The van der Waals surface area contributed by atoms with Gasteiger partial charge in [0.15, 0.2) is 0 Å². The van der Waals surface area contributed by atoms with Crippen LogP contribution >= 0.6 is 0 Å². The van der Waals surface area contributed by atoms with Crippen molar-refractivity contribution < 1.29 is 18.6 Å². The highest BCUT2D eigenvalue weighted by atomic mass is 32.2. The molecular weight excluding hydrogens is 158 g/mol. The summed E-state index contributed by atoms with van der Waals surface area (Å²) in [5.41, 5.74) is 0. The second-order valence-corrected chi connectivity index (χ2v) is 3.79. The van der Waals surface area contributed by atoms with Gasteiger partial charge < -0.3 is 10.2 Å². The van der Waals surface area contributed by atoms with Gasteiger partial charge in [0.1, 0.15) is 0 Å². The fraction of sp³-hybridized carbons (Fsp3) is 1.00. The van der Waals surface area contributed by atoms with Crippen LogP contribution in [0.1, 0.15) is 0 Å². The molecule has 0 fully saturated rings. The van der Waals surface area contributed by atoms with Crippen LogP contribution in [0.15, 0.2) is 0 Å². The van der Waals surface area contributed by atoms with E-state index in [0.717, 1.165) is 6.26 Å². The van der Waals surface area contributed by atoms with E-state index in [4.69, 9.17) is 10.2 Å². The molecule has 0 aromatic carbocycles. The van der Waals surface area contributed by atoms with Crippen LogP contribution in [-0.4, -0.2) is 44.1 Å². The van der Waals surface area contributed by atoms with Crippen molar-refractivity contribution >= 4 is 10.0 Å². The minimum Gasteiger partial charge on any atom is -0.394 e. The van der Waals surface area contributed by atoms with Gasteiger partial charge in [-0.3, -0.25) is 0 Å². The minimum atomic E-state index is -3.25.